The summed E-state index contributed by atoms with van der Waals surface area (Å²) in [5.41, 5.74) is -8.49. The van der Waals surface area contributed by atoms with Crippen LogP contribution in [0.25, 0.3) is 0 Å². The van der Waals surface area contributed by atoms with E-state index in [1.807, 2.05) is 0 Å². The van der Waals surface area contributed by atoms with Gasteiger partial charge in [0.15, 0.2) is 0 Å². The smallest absolute Gasteiger partial charge is 0.331 e. The molecular formula is C60H108O48. The number of hydrogen-bond acceptors (Lipinski definition) is 36. The van der Waals surface area contributed by atoms with Crippen molar-refractivity contribution in [1.29, 1.82) is 0 Å². The van der Waals surface area contributed by atoms with Crippen LogP contribution in [0.4, 0.5) is 0 Å². The molecule has 0 rings (SSSR count). The fraction of sp³-hybridized carbons (Fsp3) is 0.600. The molecule has 0 unspecified atom stereocenters. The van der Waals surface area contributed by atoms with Gasteiger partial charge >= 0.3 is 71.6 Å². The Morgan fingerprint density at radius 1 is 0.148 bits per heavy atom. The molecule has 0 amide bonds. The average molecular weight is 1600 g/mol. The van der Waals surface area contributed by atoms with Gasteiger partial charge in [-0.2, -0.15) is 0 Å². The lowest BCUT2D eigenvalue weighted by molar-refractivity contribution is -0.139. The van der Waals surface area contributed by atoms with Gasteiger partial charge in [0.25, 0.3) is 0 Å². The molecule has 48 heteroatoms. The van der Waals surface area contributed by atoms with Gasteiger partial charge in [-0.25, -0.2) is 28.8 Å². The predicted molar refractivity (Wildman–Crippen MR) is 359 cm³/mol. The van der Waals surface area contributed by atoms with Crippen molar-refractivity contribution >= 4 is 71.6 Å². The Kier molecular flexibility index (Phi) is 87.3. The topological polar surface area (TPSA) is 933 Å². The molecule has 108 heavy (non-hydrogen) atoms. The first kappa shape index (κ1) is 126. The summed E-state index contributed by atoms with van der Waals surface area (Å²) >= 11 is 0. The van der Waals surface area contributed by atoms with E-state index in [0.29, 0.717) is 0 Å². The standard InChI is InChI=1S/6C5H12O4.6C5H6O4/c6*6-1-5(2-7,3-8)4-9;6*1-3(5(8)9)2-4(6)7/h6*6-9H,1-4H2;6*1-2H2,(H,6,7)(H,8,9). The third kappa shape index (κ3) is 72.7. The molecule has 0 atom stereocenters. The summed E-state index contributed by atoms with van der Waals surface area (Å²) in [6, 6.07) is 0. The lowest BCUT2D eigenvalue weighted by atomic mass is 9.93. The second-order valence-corrected chi connectivity index (χ2v) is 21.7. The van der Waals surface area contributed by atoms with E-state index in [0.717, 1.165) is 0 Å². The molecule has 636 valence electrons. The van der Waals surface area contributed by atoms with E-state index in [1.54, 1.807) is 0 Å². The van der Waals surface area contributed by atoms with E-state index in [4.69, 9.17) is 184 Å². The van der Waals surface area contributed by atoms with Crippen LogP contribution in [-0.2, 0) is 57.5 Å². The molecule has 0 aromatic heterocycles. The van der Waals surface area contributed by atoms with Gasteiger partial charge in [0.05, 0.1) is 230 Å². The molecule has 0 saturated carbocycles. The van der Waals surface area contributed by atoms with E-state index < -0.39 is 301 Å². The minimum Gasteiger partial charge on any atom is -0.481 e. The van der Waals surface area contributed by atoms with E-state index in [9.17, 15) is 57.5 Å². The number of rotatable bonds is 42. The molecule has 0 aliphatic carbocycles. The largest absolute Gasteiger partial charge is 0.481 e. The van der Waals surface area contributed by atoms with Crippen molar-refractivity contribution in [3.63, 3.8) is 0 Å². The van der Waals surface area contributed by atoms with Crippen LogP contribution >= 0.6 is 0 Å². The number of hydrogen-bond donors (Lipinski definition) is 36. The maximum absolute atomic E-state index is 9.87. The van der Waals surface area contributed by atoms with Gasteiger partial charge in [-0.05, 0) is 0 Å². The zero-order valence-electron chi connectivity index (χ0n) is 58.5. The third-order valence-corrected chi connectivity index (χ3v) is 12.1. The van der Waals surface area contributed by atoms with Crippen LogP contribution in [0.2, 0.25) is 0 Å². The molecule has 0 fully saturated rings. The van der Waals surface area contributed by atoms with E-state index in [-0.39, 0.29) is 33.4 Å². The van der Waals surface area contributed by atoms with Crippen LogP contribution in [0.15, 0.2) is 72.9 Å². The van der Waals surface area contributed by atoms with Crippen LogP contribution in [-0.4, -0.2) is 414 Å². The lowest BCUT2D eigenvalue weighted by Gasteiger charge is -2.23. The normalized spacial score (nSPS) is 10.2. The molecule has 48 nitrogen and oxygen atoms in total. The van der Waals surface area contributed by atoms with Crippen molar-refractivity contribution in [3.05, 3.63) is 72.9 Å². The zero-order valence-corrected chi connectivity index (χ0v) is 58.5. The first-order chi connectivity index (χ1) is 49.7. The van der Waals surface area contributed by atoms with Crippen molar-refractivity contribution in [1.82, 2.24) is 0 Å². The fourth-order valence-corrected chi connectivity index (χ4v) is 3.35. The van der Waals surface area contributed by atoms with Crippen molar-refractivity contribution in [2.45, 2.75) is 38.5 Å². The van der Waals surface area contributed by atoms with Crippen LogP contribution in [0.5, 0.6) is 0 Å². The third-order valence-electron chi connectivity index (χ3n) is 12.1. The van der Waals surface area contributed by atoms with E-state index in [2.05, 4.69) is 39.5 Å². The molecule has 0 heterocycles. The summed E-state index contributed by atoms with van der Waals surface area (Å²) in [4.78, 5) is 118. The molecule has 0 radical (unpaired) electrons. The summed E-state index contributed by atoms with van der Waals surface area (Å²) in [5.74, 6) is -14.7. The fourth-order valence-electron chi connectivity index (χ4n) is 3.35. The Balaban J connectivity index is -0.0000000931. The van der Waals surface area contributed by atoms with Gasteiger partial charge in [-0.3, -0.25) is 28.8 Å². The number of carboxylic acids is 12. The zero-order chi connectivity index (χ0) is 88.6. The summed E-state index contributed by atoms with van der Waals surface area (Å²) in [5, 5.41) is 300. The quantitative estimate of drug-likeness (QED) is 0.0252. The van der Waals surface area contributed by atoms with E-state index in [1.165, 1.54) is 0 Å². The highest BCUT2D eigenvalue weighted by Crippen LogP contribution is 2.16. The minimum atomic E-state index is -1.27. The van der Waals surface area contributed by atoms with Gasteiger partial charge in [0.1, 0.15) is 0 Å². The van der Waals surface area contributed by atoms with Crippen LogP contribution in [0.1, 0.15) is 38.5 Å². The Hall–Kier alpha value is -8.88. The first-order valence-electron chi connectivity index (χ1n) is 29.1. The second-order valence-electron chi connectivity index (χ2n) is 21.7. The summed E-state index contributed by atoms with van der Waals surface area (Å²) in [6.45, 7) is 8.33. The second kappa shape index (κ2) is 75.0. The lowest BCUT2D eigenvalue weighted by Crippen LogP contribution is -2.37. The summed E-state index contributed by atoms with van der Waals surface area (Å²) in [7, 11) is 0. The molecule has 0 aromatic carbocycles. The highest BCUT2D eigenvalue weighted by molar-refractivity contribution is 5.94. The maximum Gasteiger partial charge on any atom is 0.331 e. The molecule has 0 saturated heterocycles. The van der Waals surface area contributed by atoms with Crippen LogP contribution in [0, 0.1) is 32.5 Å². The van der Waals surface area contributed by atoms with Crippen LogP contribution in [0.3, 0.4) is 0 Å². The number of carboxylic acid groups (broad SMARTS) is 12. The van der Waals surface area contributed by atoms with Crippen molar-refractivity contribution in [3.8, 4) is 0 Å². The monoisotopic (exact) mass is 1600 g/mol. The van der Waals surface area contributed by atoms with Crippen molar-refractivity contribution < 1.29 is 241 Å². The molecule has 0 spiro atoms. The minimum absolute atomic E-state index is 0.303. The first-order valence-corrected chi connectivity index (χ1v) is 29.1. The molecule has 0 aromatic rings. The highest BCUT2D eigenvalue weighted by atomic mass is 16.4. The Bertz CT molecular complexity index is 2030. The van der Waals surface area contributed by atoms with E-state index >= 15 is 0 Å². The predicted octanol–water partition coefficient (Wildman–Crippen LogP) is -11.7. The SMILES string of the molecule is C=C(CC(=O)O)C(=O)O.C=C(CC(=O)O)C(=O)O.C=C(CC(=O)O)C(=O)O.C=C(CC(=O)O)C(=O)O.C=C(CC(=O)O)C(=O)O.C=C(CC(=O)O)C(=O)O.OCC(CO)(CO)CO.OCC(CO)(CO)CO.OCC(CO)(CO)CO.OCC(CO)(CO)CO.OCC(CO)(CO)CO.OCC(CO)(CO)CO. The summed E-state index contributed by atoms with van der Waals surface area (Å²) in [6.07, 6.45) is -3.03. The van der Waals surface area contributed by atoms with Crippen molar-refractivity contribution in [2.24, 2.45) is 32.5 Å². The molecule has 0 bridgehead atoms. The van der Waals surface area contributed by atoms with Gasteiger partial charge in [-0.1, -0.05) is 39.5 Å². The Morgan fingerprint density at radius 3 is 0.213 bits per heavy atom. The van der Waals surface area contributed by atoms with Crippen molar-refractivity contribution in [2.75, 3.05) is 159 Å². The van der Waals surface area contributed by atoms with Gasteiger partial charge < -0.3 is 184 Å². The number of carbonyl (C=O) groups is 12. The maximum atomic E-state index is 9.87. The highest BCUT2D eigenvalue weighted by Gasteiger charge is 2.30. The number of aliphatic hydroxyl groups is 24. The van der Waals surface area contributed by atoms with Gasteiger partial charge in [-0.15, -0.1) is 0 Å². The number of aliphatic hydroxyl groups excluding tert-OH is 24. The molecule has 36 N–H and O–H groups in total. The molecule has 0 aliphatic rings. The number of aliphatic carboxylic acids is 12. The van der Waals surface area contributed by atoms with Crippen LogP contribution < -0.4 is 0 Å². The summed E-state index contributed by atoms with van der Waals surface area (Å²) < 4.78 is 0. The van der Waals surface area contributed by atoms with Gasteiger partial charge in [0, 0.05) is 33.4 Å². The average Bonchev–Trinajstić information content (AvgIpc) is 0.934. The Morgan fingerprint density at radius 2 is 0.204 bits per heavy atom. The Labute approximate surface area is 614 Å². The molecular weight excluding hydrogens is 1490 g/mol. The van der Waals surface area contributed by atoms with Gasteiger partial charge in [0.2, 0.25) is 0 Å². The molecule has 0 aliphatic heterocycles.